The van der Waals surface area contributed by atoms with E-state index < -0.39 is 0 Å². The van der Waals surface area contributed by atoms with Gasteiger partial charge in [-0.15, -0.1) is 0 Å². The monoisotopic (exact) mass is 385 g/mol. The molecule has 0 aliphatic heterocycles. The lowest BCUT2D eigenvalue weighted by atomic mass is 10.00. The van der Waals surface area contributed by atoms with Gasteiger partial charge in [0.2, 0.25) is 17.1 Å². The molecular weight excluding hydrogens is 364 g/mol. The summed E-state index contributed by atoms with van der Waals surface area (Å²) in [5.41, 5.74) is 7.75. The first-order valence-corrected chi connectivity index (χ1v) is 10.1. The molecule has 30 heavy (non-hydrogen) atoms. The van der Waals surface area contributed by atoms with E-state index in [-0.39, 0.29) is 0 Å². The topological polar surface area (TPSA) is 16.8 Å². The molecule has 0 radical (unpaired) electrons. The molecule has 0 unspecified atom stereocenters. The minimum atomic E-state index is 0.941. The van der Waals surface area contributed by atoms with Crippen molar-refractivity contribution in [2.24, 2.45) is 0 Å². The van der Waals surface area contributed by atoms with Crippen molar-refractivity contribution in [3.05, 3.63) is 128 Å². The van der Waals surface area contributed by atoms with Crippen LogP contribution in [0.3, 0.4) is 0 Å². The second-order valence-corrected chi connectivity index (χ2v) is 7.13. The Bertz CT molecular complexity index is 1190. The first kappa shape index (κ1) is 18.0. The third-order valence-corrected chi connectivity index (χ3v) is 5.18. The lowest BCUT2D eigenvalue weighted by Gasteiger charge is -2.12. The second kappa shape index (κ2) is 8.14. The first-order chi connectivity index (χ1) is 14.9. The predicted molar refractivity (Wildman–Crippen MR) is 122 cm³/mol. The molecule has 2 heteroatoms. The van der Waals surface area contributed by atoms with Gasteiger partial charge in [-0.25, -0.2) is 4.98 Å². The number of hydrogen-bond donors (Lipinski definition) is 0. The van der Waals surface area contributed by atoms with E-state index in [1.54, 1.807) is 0 Å². The van der Waals surface area contributed by atoms with E-state index in [1.165, 1.54) is 11.1 Å². The van der Waals surface area contributed by atoms with Gasteiger partial charge in [0.05, 0.1) is 0 Å². The molecule has 142 valence electrons. The molecule has 0 spiro atoms. The van der Waals surface area contributed by atoms with Crippen LogP contribution in [0.25, 0.3) is 39.5 Å². The predicted octanol–water partition coefficient (Wildman–Crippen LogP) is 6.36. The zero-order chi connectivity index (χ0) is 20.2. The minimum absolute atomic E-state index is 0.941. The number of pyridine rings is 2. The molecule has 0 aliphatic rings. The van der Waals surface area contributed by atoms with Crippen LogP contribution in [0.4, 0.5) is 0 Å². The van der Waals surface area contributed by atoms with E-state index in [9.17, 15) is 0 Å². The maximum atomic E-state index is 4.68. The summed E-state index contributed by atoms with van der Waals surface area (Å²) in [5, 5.41) is 0. The minimum Gasteiger partial charge on any atom is -0.250 e. The van der Waals surface area contributed by atoms with Crippen molar-refractivity contribution in [3.63, 3.8) is 0 Å². The van der Waals surface area contributed by atoms with Crippen molar-refractivity contribution < 1.29 is 4.57 Å². The van der Waals surface area contributed by atoms with Gasteiger partial charge >= 0.3 is 0 Å². The van der Waals surface area contributed by atoms with Crippen LogP contribution in [0.15, 0.2) is 128 Å². The molecule has 2 aromatic heterocycles. The van der Waals surface area contributed by atoms with Gasteiger partial charge < -0.3 is 0 Å². The van der Waals surface area contributed by atoms with Gasteiger partial charge in [-0.05, 0) is 35.4 Å². The van der Waals surface area contributed by atoms with Gasteiger partial charge in [-0.1, -0.05) is 72.8 Å². The largest absolute Gasteiger partial charge is 0.250 e. The van der Waals surface area contributed by atoms with E-state index in [2.05, 4.69) is 107 Å². The highest BCUT2D eigenvalue weighted by molar-refractivity contribution is 5.73. The number of hydrogen-bond acceptors (Lipinski definition) is 1. The number of nitrogens with zero attached hydrogens (tertiary/aromatic N) is 2. The number of rotatable bonds is 4. The van der Waals surface area contributed by atoms with E-state index in [4.69, 9.17) is 0 Å². The average molecular weight is 385 g/mol. The Morgan fingerprint density at radius 2 is 1.03 bits per heavy atom. The molecule has 0 bridgehead atoms. The van der Waals surface area contributed by atoms with Crippen molar-refractivity contribution in [1.29, 1.82) is 0 Å². The van der Waals surface area contributed by atoms with E-state index in [1.807, 2.05) is 30.5 Å². The fraction of sp³-hybridized carbons (Fsp3) is 0. The van der Waals surface area contributed by atoms with E-state index in [0.29, 0.717) is 0 Å². The summed E-state index contributed by atoms with van der Waals surface area (Å²) in [4.78, 5) is 4.68. The van der Waals surface area contributed by atoms with Crippen LogP contribution < -0.4 is 4.57 Å². The Balaban J connectivity index is 1.88. The highest BCUT2D eigenvalue weighted by atomic mass is 15.0. The summed E-state index contributed by atoms with van der Waals surface area (Å²) >= 11 is 0. The SMILES string of the molecule is c1ccc(-c2cc(-c3ccccc3)[n+](-c3ccccc3)c(-c3ccccn3)c2)cc1. The Morgan fingerprint density at radius 1 is 0.467 bits per heavy atom. The van der Waals surface area contributed by atoms with Gasteiger partial charge in [-0.3, -0.25) is 0 Å². The molecule has 0 N–H and O–H groups in total. The fourth-order valence-electron chi connectivity index (χ4n) is 3.77. The Kier molecular flexibility index (Phi) is 4.89. The van der Waals surface area contributed by atoms with Gasteiger partial charge in [0.25, 0.3) is 0 Å². The van der Waals surface area contributed by atoms with Gasteiger partial charge in [0.1, 0.15) is 5.69 Å². The molecule has 5 aromatic rings. The van der Waals surface area contributed by atoms with Crippen LogP contribution in [0.1, 0.15) is 0 Å². The van der Waals surface area contributed by atoms with Crippen LogP contribution in [-0.4, -0.2) is 4.98 Å². The van der Waals surface area contributed by atoms with Crippen LogP contribution in [0, 0.1) is 0 Å². The number of aromatic nitrogens is 2. The summed E-state index contributed by atoms with van der Waals surface area (Å²) in [6.45, 7) is 0. The van der Waals surface area contributed by atoms with Gasteiger partial charge in [-0.2, -0.15) is 4.57 Å². The summed E-state index contributed by atoms with van der Waals surface area (Å²) in [6, 6.07) is 42.1. The molecule has 5 rings (SSSR count). The van der Waals surface area contributed by atoms with Crippen molar-refractivity contribution in [3.8, 4) is 39.5 Å². The normalized spacial score (nSPS) is 10.7. The standard InChI is InChI=1S/C28H21N2/c1-4-12-22(13-5-1)24-20-27(23-14-6-2-7-15-23)30(25-16-8-3-9-17-25)28(21-24)26-18-10-11-19-29-26/h1-21H/q+1. The molecule has 0 fully saturated rings. The number of para-hydroxylation sites is 1. The highest BCUT2D eigenvalue weighted by Crippen LogP contribution is 2.29. The van der Waals surface area contributed by atoms with Crippen molar-refractivity contribution in [1.82, 2.24) is 4.98 Å². The van der Waals surface area contributed by atoms with Crippen molar-refractivity contribution in [2.75, 3.05) is 0 Å². The lowest BCUT2D eigenvalue weighted by Crippen LogP contribution is -2.36. The smallest absolute Gasteiger partial charge is 0.238 e. The lowest BCUT2D eigenvalue weighted by molar-refractivity contribution is -0.572. The fourth-order valence-corrected chi connectivity index (χ4v) is 3.77. The molecule has 2 nitrogen and oxygen atoms in total. The zero-order valence-electron chi connectivity index (χ0n) is 16.5. The molecule has 2 heterocycles. The third kappa shape index (κ3) is 3.51. The zero-order valence-corrected chi connectivity index (χ0v) is 16.5. The summed E-state index contributed by atoms with van der Waals surface area (Å²) in [7, 11) is 0. The molecule has 0 amide bonds. The van der Waals surface area contributed by atoms with Crippen LogP contribution in [0.5, 0.6) is 0 Å². The van der Waals surface area contributed by atoms with Crippen molar-refractivity contribution >= 4 is 0 Å². The van der Waals surface area contributed by atoms with Gasteiger partial charge in [0, 0.05) is 36.0 Å². The molecule has 0 atom stereocenters. The molecular formula is C28H21N2+. The van der Waals surface area contributed by atoms with E-state index >= 15 is 0 Å². The quantitative estimate of drug-likeness (QED) is 0.329. The summed E-state index contributed by atoms with van der Waals surface area (Å²) in [5.74, 6) is 0. The maximum absolute atomic E-state index is 4.68. The van der Waals surface area contributed by atoms with Crippen molar-refractivity contribution in [2.45, 2.75) is 0 Å². The van der Waals surface area contributed by atoms with Crippen LogP contribution in [0.2, 0.25) is 0 Å². The first-order valence-electron chi connectivity index (χ1n) is 10.1. The highest BCUT2D eigenvalue weighted by Gasteiger charge is 2.25. The van der Waals surface area contributed by atoms with Crippen LogP contribution in [-0.2, 0) is 0 Å². The Labute approximate surface area is 176 Å². The van der Waals surface area contributed by atoms with E-state index in [0.717, 1.165) is 28.3 Å². The Morgan fingerprint density at radius 3 is 1.67 bits per heavy atom. The molecule has 0 saturated heterocycles. The third-order valence-electron chi connectivity index (χ3n) is 5.18. The molecule has 3 aromatic carbocycles. The van der Waals surface area contributed by atoms with Gasteiger partial charge in [0.15, 0.2) is 0 Å². The number of benzene rings is 3. The average Bonchev–Trinajstić information content (AvgIpc) is 2.85. The molecule has 0 aliphatic carbocycles. The van der Waals surface area contributed by atoms with Crippen LogP contribution >= 0.6 is 0 Å². The summed E-state index contributed by atoms with van der Waals surface area (Å²) < 4.78 is 2.30. The summed E-state index contributed by atoms with van der Waals surface area (Å²) in [6.07, 6.45) is 1.85. The second-order valence-electron chi connectivity index (χ2n) is 7.13. The molecule has 0 saturated carbocycles. The maximum Gasteiger partial charge on any atom is 0.238 e. The Hall–Kier alpha value is -4.04.